The van der Waals surface area contributed by atoms with Crippen LogP contribution >= 0.6 is 0 Å². The number of carbonyl (C=O) groups is 4. The molecule has 3 aliphatic heterocycles. The van der Waals surface area contributed by atoms with Gasteiger partial charge in [0.15, 0.2) is 0 Å². The molecule has 58 heavy (non-hydrogen) atoms. The first-order chi connectivity index (χ1) is 27.8. The summed E-state index contributed by atoms with van der Waals surface area (Å²) in [5.74, 6) is -1.41. The zero-order valence-corrected chi connectivity index (χ0v) is 34.5. The van der Waals surface area contributed by atoms with Crippen molar-refractivity contribution in [3.05, 3.63) is 41.6 Å². The molecular weight excluding hydrogens is 761 g/mol. The van der Waals surface area contributed by atoms with Crippen LogP contribution in [0.4, 0.5) is 0 Å². The third-order valence-electron chi connectivity index (χ3n) is 14.1. The van der Waals surface area contributed by atoms with Crippen molar-refractivity contribution in [3.8, 4) is 11.5 Å². The van der Waals surface area contributed by atoms with E-state index in [2.05, 4.69) is 10.0 Å². The summed E-state index contributed by atoms with van der Waals surface area (Å²) in [6.07, 6.45) is 15.5. The van der Waals surface area contributed by atoms with Crippen molar-refractivity contribution in [1.82, 2.24) is 19.9 Å². The number of carbonyl (C=O) groups excluding carboxylic acids is 4. The predicted octanol–water partition coefficient (Wildman–Crippen LogP) is 5.67. The maximum atomic E-state index is 15.0. The molecule has 5 fully saturated rings. The summed E-state index contributed by atoms with van der Waals surface area (Å²) in [6.45, 7) is 1.74. The second-order valence-electron chi connectivity index (χ2n) is 18.5. The first-order valence-corrected chi connectivity index (χ1v) is 23.1. The highest BCUT2D eigenvalue weighted by atomic mass is 32.2. The molecular formula is C44H56N4O9S. The standard InChI is InChI=1S/C44H56N4O9S/c1-42(20-21-42)58(53,54)47-41(52)44-24-29(44)11-7-5-3-4-6-10-28(22-36(49)56-30-12-8-9-13-30)40(51)48-26-43(25-35(48)39(50)46-44)19-18-32-33-23-31(55-2)16-17-34(33)45-37(27-14-15-27)38(32)57-43/h7,11,16-17,23,27-30,35H,3-6,8-10,12-15,18-22,24-26H2,1-2H3,(H,46,50)(H,47,52)/b11-7-/t28-,29-,35+,43-,44-/m1/s1. The van der Waals surface area contributed by atoms with Crippen molar-refractivity contribution >= 4 is 44.6 Å². The Labute approximate surface area is 340 Å². The van der Waals surface area contributed by atoms with Gasteiger partial charge in [0.1, 0.15) is 34.8 Å². The van der Waals surface area contributed by atoms with Crippen molar-refractivity contribution in [1.29, 1.82) is 0 Å². The van der Waals surface area contributed by atoms with E-state index in [1.54, 1.807) is 18.9 Å². The Hall–Kier alpha value is -4.20. The van der Waals surface area contributed by atoms with Crippen molar-refractivity contribution in [3.63, 3.8) is 0 Å². The molecule has 1 aromatic carbocycles. The molecule has 14 heteroatoms. The van der Waals surface area contributed by atoms with Gasteiger partial charge in [-0.15, -0.1) is 0 Å². The number of rotatable bonds is 8. The highest BCUT2D eigenvalue weighted by molar-refractivity contribution is 7.91. The molecule has 312 valence electrons. The summed E-state index contributed by atoms with van der Waals surface area (Å²) in [4.78, 5) is 64.0. The number of allylic oxidation sites excluding steroid dienone is 1. The second-order valence-corrected chi connectivity index (χ2v) is 20.6. The van der Waals surface area contributed by atoms with Gasteiger partial charge in [0.05, 0.1) is 36.0 Å². The third kappa shape index (κ3) is 7.36. The fourth-order valence-electron chi connectivity index (χ4n) is 9.87. The van der Waals surface area contributed by atoms with E-state index < -0.39 is 61.6 Å². The van der Waals surface area contributed by atoms with Crippen molar-refractivity contribution in [2.24, 2.45) is 11.8 Å². The zero-order chi connectivity index (χ0) is 40.5. The molecule has 4 saturated carbocycles. The van der Waals surface area contributed by atoms with Gasteiger partial charge >= 0.3 is 5.97 Å². The van der Waals surface area contributed by atoms with E-state index in [4.69, 9.17) is 19.2 Å². The molecule has 4 aliphatic carbocycles. The van der Waals surface area contributed by atoms with Gasteiger partial charge in [-0.3, -0.25) is 23.9 Å². The number of ether oxygens (including phenoxy) is 3. The largest absolute Gasteiger partial charge is 0.497 e. The van der Waals surface area contributed by atoms with Crippen LogP contribution in [0.2, 0.25) is 0 Å². The fraction of sp³-hybridized carbons (Fsp3) is 0.659. The van der Waals surface area contributed by atoms with Crippen molar-refractivity contribution < 1.29 is 41.8 Å². The third-order valence-corrected chi connectivity index (χ3v) is 16.3. The van der Waals surface area contributed by atoms with Crippen LogP contribution in [-0.4, -0.2) is 83.7 Å². The molecule has 4 heterocycles. The van der Waals surface area contributed by atoms with Gasteiger partial charge < -0.3 is 24.4 Å². The van der Waals surface area contributed by atoms with E-state index in [-0.39, 0.29) is 43.7 Å². The van der Waals surface area contributed by atoms with E-state index in [0.717, 1.165) is 86.4 Å². The quantitative estimate of drug-likeness (QED) is 0.250. The fourth-order valence-corrected chi connectivity index (χ4v) is 11.2. The number of hydrogen-bond donors (Lipinski definition) is 2. The Morgan fingerprint density at radius 2 is 1.79 bits per heavy atom. The highest BCUT2D eigenvalue weighted by Gasteiger charge is 2.64. The first kappa shape index (κ1) is 39.3. The minimum Gasteiger partial charge on any atom is -0.497 e. The number of nitrogens with zero attached hydrogens (tertiary/aromatic N) is 2. The van der Waals surface area contributed by atoms with Gasteiger partial charge in [-0.1, -0.05) is 25.0 Å². The summed E-state index contributed by atoms with van der Waals surface area (Å²) in [5, 5.41) is 3.96. The SMILES string of the molecule is COc1ccc2nc(C3CC3)c3c(c2c1)CC[C@]1(C[C@H]2C(=O)N[C@]4(C(=O)NS(=O)(=O)C5(C)CC5)C[C@H]4/C=C\CCCCC[C@H](CC(=O)OC4CCCC4)C(=O)N2C1)O3. The van der Waals surface area contributed by atoms with Crippen LogP contribution in [0, 0.1) is 11.8 Å². The van der Waals surface area contributed by atoms with Crippen LogP contribution in [0.15, 0.2) is 30.4 Å². The van der Waals surface area contributed by atoms with E-state index in [1.165, 1.54) is 0 Å². The molecule has 7 aliphatic rings. The summed E-state index contributed by atoms with van der Waals surface area (Å²) >= 11 is 0. The van der Waals surface area contributed by atoms with Crippen molar-refractivity contribution in [2.75, 3.05) is 13.7 Å². The number of aromatic nitrogens is 1. The van der Waals surface area contributed by atoms with Gasteiger partial charge in [0.2, 0.25) is 21.8 Å². The zero-order valence-electron chi connectivity index (χ0n) is 33.7. The molecule has 9 rings (SSSR count). The van der Waals surface area contributed by atoms with Crippen LogP contribution in [0.1, 0.15) is 133 Å². The molecule has 0 unspecified atom stereocenters. The molecule has 2 N–H and O–H groups in total. The van der Waals surface area contributed by atoms with Gasteiger partial charge in [0, 0.05) is 35.1 Å². The molecule has 1 saturated heterocycles. The van der Waals surface area contributed by atoms with Crippen molar-refractivity contribution in [2.45, 2.75) is 156 Å². The van der Waals surface area contributed by atoms with Crippen LogP contribution < -0.4 is 19.5 Å². The van der Waals surface area contributed by atoms with Crippen LogP contribution in [0.3, 0.4) is 0 Å². The normalized spacial score (nSPS) is 31.5. The molecule has 0 bridgehead atoms. The Bertz CT molecular complexity index is 2160. The van der Waals surface area contributed by atoms with E-state index in [0.29, 0.717) is 43.6 Å². The van der Waals surface area contributed by atoms with Crippen LogP contribution in [0.5, 0.6) is 11.5 Å². The number of amides is 3. The number of fused-ring (bicyclic) bond motifs is 5. The lowest BCUT2D eigenvalue weighted by atomic mass is 9.86. The number of sulfonamides is 1. The number of nitrogens with one attached hydrogen (secondary N) is 2. The van der Waals surface area contributed by atoms with E-state index in [9.17, 15) is 27.6 Å². The molecule has 1 spiro atoms. The number of benzene rings is 1. The van der Waals surface area contributed by atoms with Gasteiger partial charge in [-0.2, -0.15) is 0 Å². The first-order valence-electron chi connectivity index (χ1n) is 21.6. The minimum atomic E-state index is -3.98. The number of pyridine rings is 1. The molecule has 2 aromatic rings. The lowest BCUT2D eigenvalue weighted by Crippen LogP contribution is -2.57. The van der Waals surface area contributed by atoms with E-state index >= 15 is 0 Å². The summed E-state index contributed by atoms with van der Waals surface area (Å²) in [6, 6.07) is 4.84. The van der Waals surface area contributed by atoms with Gasteiger partial charge in [-0.05, 0) is 115 Å². The lowest BCUT2D eigenvalue weighted by Gasteiger charge is -2.37. The van der Waals surface area contributed by atoms with Gasteiger partial charge in [0.25, 0.3) is 5.91 Å². The number of methoxy groups -OCH3 is 1. The molecule has 3 amide bonds. The Kier molecular flexibility index (Phi) is 10.0. The summed E-state index contributed by atoms with van der Waals surface area (Å²) in [5.41, 5.74) is 0.384. The highest BCUT2D eigenvalue weighted by Crippen LogP contribution is 2.52. The number of hydrogen-bond acceptors (Lipinski definition) is 10. The predicted molar refractivity (Wildman–Crippen MR) is 214 cm³/mol. The molecule has 0 radical (unpaired) electrons. The average Bonchev–Trinajstić information content (AvgIpc) is 4.17. The monoisotopic (exact) mass is 816 g/mol. The summed E-state index contributed by atoms with van der Waals surface area (Å²) in [7, 11) is -2.34. The maximum absolute atomic E-state index is 15.0. The molecule has 13 nitrogen and oxygen atoms in total. The second kappa shape index (κ2) is 14.8. The lowest BCUT2D eigenvalue weighted by molar-refractivity contribution is -0.154. The Morgan fingerprint density at radius 1 is 1.02 bits per heavy atom. The van der Waals surface area contributed by atoms with Crippen LogP contribution in [-0.2, 0) is 40.4 Å². The Balaban J connectivity index is 1.06. The van der Waals surface area contributed by atoms with Crippen LogP contribution in [0.25, 0.3) is 10.9 Å². The minimum absolute atomic E-state index is 0.0780. The Morgan fingerprint density at radius 3 is 2.53 bits per heavy atom. The average molecular weight is 817 g/mol. The number of esters is 1. The molecule has 5 atom stereocenters. The number of aryl methyl sites for hydroxylation is 1. The smallest absolute Gasteiger partial charge is 0.306 e. The molecule has 1 aromatic heterocycles. The summed E-state index contributed by atoms with van der Waals surface area (Å²) < 4.78 is 46.4. The topological polar surface area (TPSA) is 170 Å². The maximum Gasteiger partial charge on any atom is 0.306 e. The van der Waals surface area contributed by atoms with E-state index in [1.807, 2.05) is 30.4 Å². The van der Waals surface area contributed by atoms with Gasteiger partial charge in [-0.25, -0.2) is 13.4 Å².